The van der Waals surface area contributed by atoms with Crippen molar-refractivity contribution in [3.05, 3.63) is 65.0 Å². The van der Waals surface area contributed by atoms with E-state index in [0.717, 1.165) is 36.8 Å². The molecule has 1 saturated heterocycles. The first-order valence-corrected chi connectivity index (χ1v) is 13.8. The second kappa shape index (κ2) is 8.90. The Morgan fingerprint density at radius 3 is 2.05 bits per heavy atom. The van der Waals surface area contributed by atoms with Gasteiger partial charge >= 0.3 is 18.0 Å². The summed E-state index contributed by atoms with van der Waals surface area (Å²) >= 11 is 0. The first kappa shape index (κ1) is 27.9. The van der Waals surface area contributed by atoms with Crippen LogP contribution in [0, 0.1) is 11.7 Å². The number of nitrogens with zero attached hydrogens (tertiary/aromatic N) is 1. The van der Waals surface area contributed by atoms with Crippen molar-refractivity contribution in [1.29, 1.82) is 0 Å². The van der Waals surface area contributed by atoms with Crippen molar-refractivity contribution in [2.75, 3.05) is 6.54 Å². The molecular formula is C26H23F8NO3S. The third kappa shape index (κ3) is 3.89. The predicted octanol–water partition coefficient (Wildman–Crippen LogP) is 6.13. The van der Waals surface area contributed by atoms with Gasteiger partial charge in [0.25, 0.3) is 0 Å². The van der Waals surface area contributed by atoms with Crippen LogP contribution < -0.4 is 0 Å². The second-order valence-corrected chi connectivity index (χ2v) is 12.5. The summed E-state index contributed by atoms with van der Waals surface area (Å²) in [7, 11) is -4.48. The van der Waals surface area contributed by atoms with Gasteiger partial charge in [0.15, 0.2) is 9.84 Å². The molecule has 13 heteroatoms. The molecular weight excluding hydrogens is 558 g/mol. The number of hydrogen-bond donors (Lipinski definition) is 0. The minimum Gasteiger partial charge on any atom is -0.337 e. The van der Waals surface area contributed by atoms with Crippen LogP contribution in [0.1, 0.15) is 48.8 Å². The van der Waals surface area contributed by atoms with E-state index in [1.807, 2.05) is 0 Å². The number of fused-ring (bicyclic) bond motifs is 3. The van der Waals surface area contributed by atoms with Gasteiger partial charge < -0.3 is 4.90 Å². The van der Waals surface area contributed by atoms with E-state index in [1.54, 1.807) is 0 Å². The Morgan fingerprint density at radius 1 is 0.897 bits per heavy atom. The van der Waals surface area contributed by atoms with Crippen molar-refractivity contribution >= 4 is 15.7 Å². The van der Waals surface area contributed by atoms with E-state index in [1.165, 1.54) is 4.90 Å². The lowest BCUT2D eigenvalue weighted by Crippen LogP contribution is -2.54. The zero-order valence-electron chi connectivity index (χ0n) is 20.2. The van der Waals surface area contributed by atoms with Gasteiger partial charge in [-0.2, -0.15) is 26.3 Å². The lowest BCUT2D eigenvalue weighted by Gasteiger charge is -2.44. The molecule has 1 aliphatic heterocycles. The highest BCUT2D eigenvalue weighted by molar-refractivity contribution is 7.92. The molecule has 1 saturated carbocycles. The molecule has 3 aliphatic rings. The van der Waals surface area contributed by atoms with Crippen LogP contribution in [0.5, 0.6) is 0 Å². The molecule has 0 aromatic heterocycles. The van der Waals surface area contributed by atoms with E-state index in [0.29, 0.717) is 25.0 Å². The molecule has 0 bridgehead atoms. The smallest absolute Gasteiger partial charge is 0.337 e. The zero-order valence-corrected chi connectivity index (χ0v) is 21.1. The molecule has 2 fully saturated rings. The summed E-state index contributed by atoms with van der Waals surface area (Å²) in [5.74, 6) is -1.26. The molecule has 1 heterocycles. The number of likely N-dealkylation sites (tertiary alicyclic amines) is 1. The summed E-state index contributed by atoms with van der Waals surface area (Å²) in [5, 5.41) is 0. The summed E-state index contributed by atoms with van der Waals surface area (Å²) in [6.07, 6.45) is -11.0. The quantitative estimate of drug-likeness (QED) is 0.323. The summed E-state index contributed by atoms with van der Waals surface area (Å²) in [6, 6.07) is 4.49. The Balaban J connectivity index is 1.69. The number of hydrogen-bond acceptors (Lipinski definition) is 3. The van der Waals surface area contributed by atoms with Gasteiger partial charge in [-0.15, -0.1) is 0 Å². The minimum atomic E-state index is -6.33. The molecule has 212 valence electrons. The lowest BCUT2D eigenvalue weighted by atomic mass is 9.76. The van der Waals surface area contributed by atoms with Crippen LogP contribution in [-0.2, 0) is 31.5 Å². The fourth-order valence-electron chi connectivity index (χ4n) is 6.21. The number of sulfone groups is 1. The van der Waals surface area contributed by atoms with Crippen LogP contribution in [0.2, 0.25) is 0 Å². The average molecular weight is 582 g/mol. The summed E-state index contributed by atoms with van der Waals surface area (Å²) in [6.45, 7) is -0.000231. The maximum absolute atomic E-state index is 14.9. The first-order chi connectivity index (χ1) is 18.1. The molecule has 1 amide bonds. The number of rotatable bonds is 4. The third-order valence-electron chi connectivity index (χ3n) is 8.41. The number of amides is 1. The van der Waals surface area contributed by atoms with Gasteiger partial charge in [-0.05, 0) is 67.5 Å². The molecule has 0 spiro atoms. The fraction of sp³-hybridized carbons (Fsp3) is 0.500. The summed E-state index contributed by atoms with van der Waals surface area (Å²) in [5.41, 5.74) is -7.63. The third-order valence-corrected chi connectivity index (χ3v) is 11.0. The number of benzene rings is 2. The Labute approximate surface area is 218 Å². The van der Waals surface area contributed by atoms with E-state index in [9.17, 15) is 48.3 Å². The Kier molecular flexibility index (Phi) is 6.36. The maximum Gasteiger partial charge on any atom is 0.435 e. The van der Waals surface area contributed by atoms with E-state index in [4.69, 9.17) is 0 Å². The number of alkyl halides is 7. The molecule has 2 aromatic carbocycles. The van der Waals surface area contributed by atoms with E-state index < -0.39 is 50.0 Å². The number of halogens is 8. The molecule has 4 nitrogen and oxygen atoms in total. The van der Waals surface area contributed by atoms with Crippen LogP contribution in [-0.4, -0.2) is 44.2 Å². The van der Waals surface area contributed by atoms with Crippen LogP contribution >= 0.6 is 0 Å². The first-order valence-electron chi connectivity index (χ1n) is 12.3. The molecule has 2 aromatic rings. The summed E-state index contributed by atoms with van der Waals surface area (Å²) < 4.78 is 136. The highest BCUT2D eigenvalue weighted by atomic mass is 32.2. The predicted molar refractivity (Wildman–Crippen MR) is 122 cm³/mol. The molecule has 2 atom stereocenters. The Hall–Kier alpha value is -2.70. The highest BCUT2D eigenvalue weighted by Crippen LogP contribution is 2.57. The normalized spacial score (nSPS) is 24.2. The van der Waals surface area contributed by atoms with Gasteiger partial charge in [-0.3, -0.25) is 4.79 Å². The van der Waals surface area contributed by atoms with E-state index >= 15 is 0 Å². The van der Waals surface area contributed by atoms with Crippen molar-refractivity contribution in [2.45, 2.75) is 72.2 Å². The van der Waals surface area contributed by atoms with Crippen molar-refractivity contribution in [3.63, 3.8) is 0 Å². The van der Waals surface area contributed by atoms with Crippen LogP contribution in [0.4, 0.5) is 35.1 Å². The van der Waals surface area contributed by atoms with Gasteiger partial charge in [0.1, 0.15) is 10.6 Å². The van der Waals surface area contributed by atoms with Crippen LogP contribution in [0.25, 0.3) is 0 Å². The lowest BCUT2D eigenvalue weighted by molar-refractivity contribution is -0.348. The fourth-order valence-corrected chi connectivity index (χ4v) is 8.57. The average Bonchev–Trinajstić information content (AvgIpc) is 3.22. The molecule has 0 unspecified atom stereocenters. The largest absolute Gasteiger partial charge is 0.435 e. The minimum absolute atomic E-state index is 0.000231. The number of carbonyl (C=O) groups is 1. The van der Waals surface area contributed by atoms with E-state index in [-0.39, 0.29) is 53.7 Å². The Morgan fingerprint density at radius 2 is 1.51 bits per heavy atom. The van der Waals surface area contributed by atoms with Crippen molar-refractivity contribution < 1.29 is 48.3 Å². The Bertz CT molecular complexity index is 1390. The summed E-state index contributed by atoms with van der Waals surface area (Å²) in [4.78, 5) is 14.4. The van der Waals surface area contributed by atoms with Crippen molar-refractivity contribution in [3.8, 4) is 0 Å². The van der Waals surface area contributed by atoms with Crippen molar-refractivity contribution in [1.82, 2.24) is 4.90 Å². The van der Waals surface area contributed by atoms with Gasteiger partial charge in [-0.25, -0.2) is 17.2 Å². The van der Waals surface area contributed by atoms with Gasteiger partial charge in [-0.1, -0.05) is 24.6 Å². The monoisotopic (exact) mass is 581 g/mol. The van der Waals surface area contributed by atoms with Crippen LogP contribution in [0.15, 0.2) is 47.4 Å². The molecule has 5 rings (SSSR count). The SMILES string of the molecule is O=C(C1CCC1)N1CC[C@]2(S(=O)(=O)c3ccc(F)cc3)c3ccc(C(F)(C(F)(F)F)C(F)(F)F)cc3CC[C@H]12. The topological polar surface area (TPSA) is 54.5 Å². The molecule has 0 N–H and O–H groups in total. The standard InChI is InChI=1S/C26H23F8NO3S/c27-18-6-8-19(9-7-18)39(37,38)23-12-13-35(22(36)15-2-1-3-15)21(23)11-4-16-14-17(5-10-20(16)23)24(28,25(29,30)31)26(32,33)34/h5-10,14-15,21H,1-4,11-13H2/t21-,23-/m0/s1. The van der Waals surface area contributed by atoms with Gasteiger partial charge in [0, 0.05) is 18.0 Å². The zero-order chi connectivity index (χ0) is 28.6. The number of carbonyl (C=O) groups excluding carboxylic acids is 1. The van der Waals surface area contributed by atoms with Crippen LogP contribution in [0.3, 0.4) is 0 Å². The maximum atomic E-state index is 14.9. The molecule has 0 radical (unpaired) electrons. The van der Waals surface area contributed by atoms with Crippen molar-refractivity contribution in [2.24, 2.45) is 5.92 Å². The van der Waals surface area contributed by atoms with Gasteiger partial charge in [0.2, 0.25) is 5.91 Å². The van der Waals surface area contributed by atoms with Gasteiger partial charge in [0.05, 0.1) is 10.9 Å². The molecule has 2 aliphatic carbocycles. The highest BCUT2D eigenvalue weighted by Gasteiger charge is 2.74. The van der Waals surface area contributed by atoms with E-state index in [2.05, 4.69) is 0 Å². The molecule has 39 heavy (non-hydrogen) atoms. The second-order valence-electron chi connectivity index (χ2n) is 10.3. The number of aryl methyl sites for hydroxylation is 1.